The molecule has 0 aliphatic heterocycles. The lowest BCUT2D eigenvalue weighted by molar-refractivity contribution is -0.131. The van der Waals surface area contributed by atoms with Crippen molar-refractivity contribution in [2.24, 2.45) is 0 Å². The summed E-state index contributed by atoms with van der Waals surface area (Å²) in [5.41, 5.74) is 6.50. The molecule has 0 unspecified atom stereocenters. The molecule has 0 atom stereocenters. The number of aromatic nitrogens is 1. The van der Waals surface area contributed by atoms with Gasteiger partial charge in [-0.05, 0) is 33.0 Å². The standard InChI is InChI=1S/C13H22N4O/c1-4-17(5-2)13(18)10-16(3)9-11-7-6-8-12(14)15-11/h6-8H,4-5,9-10H2,1-3H3,(H2,14,15). The number of carbonyl (C=O) groups is 1. The Morgan fingerprint density at radius 2 is 2.00 bits per heavy atom. The molecule has 5 heteroatoms. The second-order valence-corrected chi connectivity index (χ2v) is 4.29. The van der Waals surface area contributed by atoms with Crippen LogP contribution in [0.5, 0.6) is 0 Å². The summed E-state index contributed by atoms with van der Waals surface area (Å²) in [6, 6.07) is 5.54. The van der Waals surface area contributed by atoms with Crippen LogP contribution in [-0.2, 0) is 11.3 Å². The highest BCUT2D eigenvalue weighted by Crippen LogP contribution is 2.03. The number of nitrogen functional groups attached to an aromatic ring is 1. The van der Waals surface area contributed by atoms with E-state index in [1.165, 1.54) is 0 Å². The predicted octanol–water partition coefficient (Wildman–Crippen LogP) is 0.964. The zero-order valence-corrected chi connectivity index (χ0v) is 11.4. The fourth-order valence-corrected chi connectivity index (χ4v) is 1.83. The Labute approximate surface area is 109 Å². The number of likely N-dealkylation sites (N-methyl/N-ethyl adjacent to an activating group) is 2. The van der Waals surface area contributed by atoms with Gasteiger partial charge >= 0.3 is 0 Å². The van der Waals surface area contributed by atoms with Crippen molar-refractivity contribution in [3.05, 3.63) is 23.9 Å². The van der Waals surface area contributed by atoms with Gasteiger partial charge < -0.3 is 10.6 Å². The number of pyridine rings is 1. The second kappa shape index (κ2) is 6.96. The van der Waals surface area contributed by atoms with Gasteiger partial charge in [0.15, 0.2) is 0 Å². The van der Waals surface area contributed by atoms with Crippen molar-refractivity contribution in [3.8, 4) is 0 Å². The molecule has 0 radical (unpaired) electrons. The summed E-state index contributed by atoms with van der Waals surface area (Å²) in [6.07, 6.45) is 0. The SMILES string of the molecule is CCN(CC)C(=O)CN(C)Cc1cccc(N)n1. The van der Waals surface area contributed by atoms with Crippen LogP contribution in [0.4, 0.5) is 5.82 Å². The van der Waals surface area contributed by atoms with Crippen LogP contribution in [0.15, 0.2) is 18.2 Å². The quantitative estimate of drug-likeness (QED) is 0.817. The summed E-state index contributed by atoms with van der Waals surface area (Å²) in [6.45, 7) is 6.50. The molecule has 5 nitrogen and oxygen atoms in total. The zero-order chi connectivity index (χ0) is 13.5. The molecule has 18 heavy (non-hydrogen) atoms. The first-order valence-corrected chi connectivity index (χ1v) is 6.24. The van der Waals surface area contributed by atoms with Crippen molar-refractivity contribution >= 4 is 11.7 Å². The topological polar surface area (TPSA) is 62.5 Å². The van der Waals surface area contributed by atoms with Crippen LogP contribution in [0.3, 0.4) is 0 Å². The number of hydrogen-bond acceptors (Lipinski definition) is 4. The lowest BCUT2D eigenvalue weighted by atomic mass is 10.3. The molecule has 1 aromatic heterocycles. The van der Waals surface area contributed by atoms with E-state index >= 15 is 0 Å². The number of anilines is 1. The van der Waals surface area contributed by atoms with E-state index in [9.17, 15) is 4.79 Å². The minimum Gasteiger partial charge on any atom is -0.384 e. The molecule has 0 saturated carbocycles. The Hall–Kier alpha value is -1.62. The third-order valence-electron chi connectivity index (χ3n) is 2.78. The molecule has 100 valence electrons. The highest BCUT2D eigenvalue weighted by molar-refractivity contribution is 5.78. The van der Waals surface area contributed by atoms with Crippen LogP contribution in [0.25, 0.3) is 0 Å². The first-order chi connectivity index (χ1) is 8.56. The van der Waals surface area contributed by atoms with E-state index in [2.05, 4.69) is 4.98 Å². The first kappa shape index (κ1) is 14.4. The van der Waals surface area contributed by atoms with Crippen molar-refractivity contribution in [1.82, 2.24) is 14.8 Å². The third-order valence-corrected chi connectivity index (χ3v) is 2.78. The average molecular weight is 250 g/mol. The molecule has 0 aromatic carbocycles. The lowest BCUT2D eigenvalue weighted by Gasteiger charge is -2.22. The predicted molar refractivity (Wildman–Crippen MR) is 72.9 cm³/mol. The minimum absolute atomic E-state index is 0.145. The van der Waals surface area contributed by atoms with Gasteiger partial charge in [0, 0.05) is 19.6 Å². The van der Waals surface area contributed by atoms with E-state index in [-0.39, 0.29) is 5.91 Å². The minimum atomic E-state index is 0.145. The van der Waals surface area contributed by atoms with Gasteiger partial charge in [-0.3, -0.25) is 9.69 Å². The third kappa shape index (κ3) is 4.33. The molecule has 0 fully saturated rings. The van der Waals surface area contributed by atoms with Gasteiger partial charge in [0.05, 0.1) is 12.2 Å². The summed E-state index contributed by atoms with van der Waals surface area (Å²) in [5, 5.41) is 0. The number of rotatable bonds is 6. The number of carbonyl (C=O) groups excluding carboxylic acids is 1. The van der Waals surface area contributed by atoms with Gasteiger partial charge in [0.25, 0.3) is 0 Å². The largest absolute Gasteiger partial charge is 0.384 e. The number of nitrogens with zero attached hydrogens (tertiary/aromatic N) is 3. The van der Waals surface area contributed by atoms with Crippen molar-refractivity contribution in [3.63, 3.8) is 0 Å². The normalized spacial score (nSPS) is 10.7. The van der Waals surface area contributed by atoms with Crippen LogP contribution >= 0.6 is 0 Å². The van der Waals surface area contributed by atoms with E-state index in [1.54, 1.807) is 6.07 Å². The summed E-state index contributed by atoms with van der Waals surface area (Å²) in [4.78, 5) is 19.9. The average Bonchev–Trinajstić information content (AvgIpc) is 2.30. The number of nitrogens with two attached hydrogens (primary N) is 1. The molecule has 0 bridgehead atoms. The highest BCUT2D eigenvalue weighted by atomic mass is 16.2. The van der Waals surface area contributed by atoms with Crippen LogP contribution in [0.2, 0.25) is 0 Å². The Bertz CT molecular complexity index is 390. The Morgan fingerprint density at radius 1 is 1.33 bits per heavy atom. The Balaban J connectivity index is 2.51. The maximum Gasteiger partial charge on any atom is 0.236 e. The van der Waals surface area contributed by atoms with Crippen LogP contribution < -0.4 is 5.73 Å². The molecule has 0 saturated heterocycles. The van der Waals surface area contributed by atoms with Crippen LogP contribution in [0.1, 0.15) is 19.5 Å². The van der Waals surface area contributed by atoms with Crippen molar-refractivity contribution in [1.29, 1.82) is 0 Å². The van der Waals surface area contributed by atoms with E-state index in [0.717, 1.165) is 18.8 Å². The molecule has 1 amide bonds. The maximum atomic E-state index is 11.9. The fourth-order valence-electron chi connectivity index (χ4n) is 1.83. The van der Waals surface area contributed by atoms with Gasteiger partial charge in [-0.15, -0.1) is 0 Å². The van der Waals surface area contributed by atoms with Gasteiger partial charge in [0.2, 0.25) is 5.91 Å². The molecule has 0 aliphatic rings. The van der Waals surface area contributed by atoms with Crippen LogP contribution in [0, 0.1) is 0 Å². The summed E-state index contributed by atoms with van der Waals surface area (Å²) >= 11 is 0. The van der Waals surface area contributed by atoms with Gasteiger partial charge in [-0.1, -0.05) is 6.07 Å². The Morgan fingerprint density at radius 3 is 2.56 bits per heavy atom. The number of hydrogen-bond donors (Lipinski definition) is 1. The van der Waals surface area contributed by atoms with Crippen molar-refractivity contribution < 1.29 is 4.79 Å². The monoisotopic (exact) mass is 250 g/mol. The van der Waals surface area contributed by atoms with E-state index < -0.39 is 0 Å². The zero-order valence-electron chi connectivity index (χ0n) is 11.4. The summed E-state index contributed by atoms with van der Waals surface area (Å²) in [5.74, 6) is 0.655. The summed E-state index contributed by atoms with van der Waals surface area (Å²) < 4.78 is 0. The lowest BCUT2D eigenvalue weighted by Crippen LogP contribution is -2.38. The van der Waals surface area contributed by atoms with Gasteiger partial charge in [0.1, 0.15) is 5.82 Å². The van der Waals surface area contributed by atoms with Gasteiger partial charge in [-0.2, -0.15) is 0 Å². The molecular weight excluding hydrogens is 228 g/mol. The molecule has 1 rings (SSSR count). The van der Waals surface area contributed by atoms with E-state index in [4.69, 9.17) is 5.73 Å². The molecule has 0 spiro atoms. The van der Waals surface area contributed by atoms with E-state index in [1.807, 2.05) is 42.8 Å². The van der Waals surface area contributed by atoms with Crippen molar-refractivity contribution in [2.75, 3.05) is 32.4 Å². The first-order valence-electron chi connectivity index (χ1n) is 6.24. The highest BCUT2D eigenvalue weighted by Gasteiger charge is 2.12. The molecule has 2 N–H and O–H groups in total. The molecule has 0 aliphatic carbocycles. The van der Waals surface area contributed by atoms with Gasteiger partial charge in [-0.25, -0.2) is 4.98 Å². The van der Waals surface area contributed by atoms with Crippen LogP contribution in [-0.4, -0.2) is 47.4 Å². The smallest absolute Gasteiger partial charge is 0.236 e. The molecule has 1 heterocycles. The van der Waals surface area contributed by atoms with Crippen molar-refractivity contribution in [2.45, 2.75) is 20.4 Å². The molecule has 1 aromatic rings. The van der Waals surface area contributed by atoms with E-state index in [0.29, 0.717) is 18.9 Å². The molecular formula is C13H22N4O. The maximum absolute atomic E-state index is 11.9. The number of amides is 1. The summed E-state index contributed by atoms with van der Waals surface area (Å²) in [7, 11) is 1.91. The fraction of sp³-hybridized carbons (Fsp3) is 0.538. The Kier molecular flexibility index (Phi) is 5.58. The second-order valence-electron chi connectivity index (χ2n) is 4.29.